The lowest BCUT2D eigenvalue weighted by Crippen LogP contribution is -2.26. The number of benzene rings is 1. The van der Waals surface area contributed by atoms with E-state index in [2.05, 4.69) is 4.98 Å². The molecule has 0 amide bonds. The molecule has 1 aromatic carbocycles. The van der Waals surface area contributed by atoms with Gasteiger partial charge in [-0.2, -0.15) is 0 Å². The fourth-order valence-corrected chi connectivity index (χ4v) is 1.82. The van der Waals surface area contributed by atoms with Gasteiger partial charge in [-0.1, -0.05) is 0 Å². The van der Waals surface area contributed by atoms with Crippen molar-refractivity contribution in [2.24, 2.45) is 5.41 Å². The lowest BCUT2D eigenvalue weighted by atomic mass is 9.88. The van der Waals surface area contributed by atoms with E-state index in [1.807, 2.05) is 6.07 Å². The van der Waals surface area contributed by atoms with Crippen molar-refractivity contribution in [3.63, 3.8) is 0 Å². The van der Waals surface area contributed by atoms with E-state index in [4.69, 9.17) is 5.11 Å². The standard InChI is InChI=1S/C13H15NO3/c1-13(2,12(16)17)7-9-5-8-3-4-10(15)6-11(8)14-9/h3-6,14-15H,7H2,1-2H3,(H,16,17). The van der Waals surface area contributed by atoms with Crippen molar-refractivity contribution in [2.45, 2.75) is 20.3 Å². The molecule has 0 aliphatic carbocycles. The van der Waals surface area contributed by atoms with E-state index in [0.29, 0.717) is 6.42 Å². The Bertz CT molecular complexity index is 569. The molecule has 1 aromatic heterocycles. The molecule has 17 heavy (non-hydrogen) atoms. The molecule has 0 aliphatic heterocycles. The molecule has 4 heteroatoms. The summed E-state index contributed by atoms with van der Waals surface area (Å²) >= 11 is 0. The number of carboxylic acids is 1. The van der Waals surface area contributed by atoms with Crippen molar-refractivity contribution >= 4 is 16.9 Å². The summed E-state index contributed by atoms with van der Waals surface area (Å²) in [6.07, 6.45) is 0.428. The number of fused-ring (bicyclic) bond motifs is 1. The normalized spacial score (nSPS) is 11.9. The number of phenols is 1. The van der Waals surface area contributed by atoms with Crippen molar-refractivity contribution in [3.8, 4) is 5.75 Å². The van der Waals surface area contributed by atoms with E-state index < -0.39 is 11.4 Å². The Morgan fingerprint density at radius 3 is 2.71 bits per heavy atom. The molecule has 0 spiro atoms. The summed E-state index contributed by atoms with van der Waals surface area (Å²) in [5.41, 5.74) is 0.877. The van der Waals surface area contributed by atoms with Gasteiger partial charge < -0.3 is 15.2 Å². The zero-order chi connectivity index (χ0) is 12.6. The third-order valence-electron chi connectivity index (χ3n) is 2.87. The van der Waals surface area contributed by atoms with Gasteiger partial charge >= 0.3 is 5.97 Å². The molecule has 1 heterocycles. The van der Waals surface area contributed by atoms with Gasteiger partial charge in [-0.15, -0.1) is 0 Å². The molecule has 0 atom stereocenters. The third-order valence-corrected chi connectivity index (χ3v) is 2.87. The van der Waals surface area contributed by atoms with Crippen LogP contribution < -0.4 is 0 Å². The third kappa shape index (κ3) is 2.25. The number of rotatable bonds is 3. The quantitative estimate of drug-likeness (QED) is 0.762. The Kier molecular flexibility index (Phi) is 2.58. The van der Waals surface area contributed by atoms with Crippen molar-refractivity contribution in [1.29, 1.82) is 0 Å². The Morgan fingerprint density at radius 2 is 2.06 bits per heavy atom. The summed E-state index contributed by atoms with van der Waals surface area (Å²) in [6.45, 7) is 3.39. The predicted molar refractivity (Wildman–Crippen MR) is 65.1 cm³/mol. The maximum absolute atomic E-state index is 11.0. The van der Waals surface area contributed by atoms with Gasteiger partial charge in [0.2, 0.25) is 0 Å². The van der Waals surface area contributed by atoms with E-state index >= 15 is 0 Å². The zero-order valence-corrected chi connectivity index (χ0v) is 9.82. The van der Waals surface area contributed by atoms with Gasteiger partial charge in [0.25, 0.3) is 0 Å². The number of hydrogen-bond donors (Lipinski definition) is 3. The fourth-order valence-electron chi connectivity index (χ4n) is 1.82. The second kappa shape index (κ2) is 3.80. The number of carbonyl (C=O) groups is 1. The highest BCUT2D eigenvalue weighted by molar-refractivity contribution is 5.82. The molecule has 3 N–H and O–H groups in total. The number of aromatic amines is 1. The first-order chi connectivity index (χ1) is 7.88. The molecule has 0 saturated heterocycles. The molecule has 0 radical (unpaired) electrons. The molecule has 2 aromatic rings. The van der Waals surface area contributed by atoms with Crippen molar-refractivity contribution in [3.05, 3.63) is 30.0 Å². The average Bonchev–Trinajstić information content (AvgIpc) is 2.57. The number of phenolic OH excluding ortho intramolecular Hbond substituents is 1. The van der Waals surface area contributed by atoms with Crippen LogP contribution in [0.25, 0.3) is 10.9 Å². The van der Waals surface area contributed by atoms with Crippen LogP contribution in [0, 0.1) is 5.41 Å². The van der Waals surface area contributed by atoms with Crippen LogP contribution in [0.15, 0.2) is 24.3 Å². The highest BCUT2D eigenvalue weighted by Gasteiger charge is 2.27. The van der Waals surface area contributed by atoms with Crippen molar-refractivity contribution in [2.75, 3.05) is 0 Å². The van der Waals surface area contributed by atoms with Crippen LogP contribution in [0.1, 0.15) is 19.5 Å². The lowest BCUT2D eigenvalue weighted by molar-refractivity contribution is -0.146. The summed E-state index contributed by atoms with van der Waals surface area (Å²) in [7, 11) is 0. The van der Waals surface area contributed by atoms with E-state index in [0.717, 1.165) is 16.6 Å². The molecule has 0 fully saturated rings. The van der Waals surface area contributed by atoms with E-state index in [-0.39, 0.29) is 5.75 Å². The highest BCUT2D eigenvalue weighted by Crippen LogP contribution is 2.26. The molecule has 4 nitrogen and oxygen atoms in total. The predicted octanol–water partition coefficient (Wildman–Crippen LogP) is 2.53. The Hall–Kier alpha value is -1.97. The SMILES string of the molecule is CC(C)(Cc1cc2ccc(O)cc2[nH]1)C(=O)O. The molecule has 0 bridgehead atoms. The first-order valence-electron chi connectivity index (χ1n) is 5.42. The Balaban J connectivity index is 2.34. The number of carboxylic acid groups (broad SMARTS) is 1. The second-order valence-corrected chi connectivity index (χ2v) is 4.93. The fraction of sp³-hybridized carbons (Fsp3) is 0.308. The van der Waals surface area contributed by atoms with E-state index in [1.54, 1.807) is 32.0 Å². The molecule has 2 rings (SSSR count). The van der Waals surface area contributed by atoms with Gasteiger partial charge in [0.1, 0.15) is 5.75 Å². The summed E-state index contributed by atoms with van der Waals surface area (Å²) in [5, 5.41) is 19.4. The van der Waals surface area contributed by atoms with Gasteiger partial charge in [-0.3, -0.25) is 4.79 Å². The summed E-state index contributed by atoms with van der Waals surface area (Å²) < 4.78 is 0. The van der Waals surface area contributed by atoms with Crippen LogP contribution in [0.2, 0.25) is 0 Å². The van der Waals surface area contributed by atoms with Crippen LogP contribution in [0.4, 0.5) is 0 Å². The number of aromatic hydroxyl groups is 1. The maximum Gasteiger partial charge on any atom is 0.309 e. The number of aromatic nitrogens is 1. The van der Waals surface area contributed by atoms with Crippen LogP contribution in [-0.4, -0.2) is 21.2 Å². The Morgan fingerprint density at radius 1 is 1.35 bits per heavy atom. The van der Waals surface area contributed by atoms with Crippen molar-refractivity contribution < 1.29 is 15.0 Å². The first kappa shape index (κ1) is 11.5. The molecule has 0 saturated carbocycles. The number of hydrogen-bond acceptors (Lipinski definition) is 2. The molecule has 0 unspecified atom stereocenters. The minimum absolute atomic E-state index is 0.198. The molecule has 0 aliphatic rings. The first-order valence-corrected chi connectivity index (χ1v) is 5.42. The van der Waals surface area contributed by atoms with Gasteiger partial charge in [0.05, 0.1) is 5.41 Å². The average molecular weight is 233 g/mol. The Labute approximate surface area is 98.9 Å². The van der Waals surface area contributed by atoms with Gasteiger partial charge in [-0.25, -0.2) is 0 Å². The zero-order valence-electron chi connectivity index (χ0n) is 9.82. The van der Waals surface area contributed by atoms with Crippen LogP contribution in [0.5, 0.6) is 5.75 Å². The summed E-state index contributed by atoms with van der Waals surface area (Å²) in [6, 6.07) is 6.97. The molecule has 90 valence electrons. The topological polar surface area (TPSA) is 73.3 Å². The minimum Gasteiger partial charge on any atom is -0.508 e. The van der Waals surface area contributed by atoms with Gasteiger partial charge in [0.15, 0.2) is 0 Å². The maximum atomic E-state index is 11.0. The largest absolute Gasteiger partial charge is 0.508 e. The molecular formula is C13H15NO3. The van der Waals surface area contributed by atoms with Crippen LogP contribution in [0.3, 0.4) is 0 Å². The number of aliphatic carboxylic acids is 1. The molecular weight excluding hydrogens is 218 g/mol. The van der Waals surface area contributed by atoms with Crippen LogP contribution in [-0.2, 0) is 11.2 Å². The van der Waals surface area contributed by atoms with Crippen LogP contribution >= 0.6 is 0 Å². The van der Waals surface area contributed by atoms with Crippen molar-refractivity contribution in [1.82, 2.24) is 4.98 Å². The summed E-state index contributed by atoms with van der Waals surface area (Å²) in [5.74, 6) is -0.623. The monoisotopic (exact) mass is 233 g/mol. The lowest BCUT2D eigenvalue weighted by Gasteiger charge is -2.17. The highest BCUT2D eigenvalue weighted by atomic mass is 16.4. The smallest absolute Gasteiger partial charge is 0.309 e. The minimum atomic E-state index is -0.820. The van der Waals surface area contributed by atoms with Gasteiger partial charge in [-0.05, 0) is 37.4 Å². The summed E-state index contributed by atoms with van der Waals surface area (Å²) in [4.78, 5) is 14.2. The van der Waals surface area contributed by atoms with E-state index in [1.165, 1.54) is 0 Å². The van der Waals surface area contributed by atoms with E-state index in [9.17, 15) is 9.90 Å². The number of H-pyrrole nitrogens is 1. The number of nitrogens with one attached hydrogen (secondary N) is 1. The van der Waals surface area contributed by atoms with Gasteiger partial charge in [0, 0.05) is 23.7 Å². The second-order valence-electron chi connectivity index (χ2n) is 4.93.